The lowest BCUT2D eigenvalue weighted by molar-refractivity contribution is 0.0223. The SMILES string of the molecule is C=CCOC1CCCCC1C#N. The molecule has 1 fully saturated rings. The molecule has 0 spiro atoms. The van der Waals surface area contributed by atoms with Crippen LogP contribution in [0.4, 0.5) is 0 Å². The van der Waals surface area contributed by atoms with Crippen LogP contribution in [0.15, 0.2) is 12.7 Å². The molecule has 2 heteroatoms. The van der Waals surface area contributed by atoms with E-state index in [0.29, 0.717) is 6.61 Å². The lowest BCUT2D eigenvalue weighted by Crippen LogP contribution is -2.26. The van der Waals surface area contributed by atoms with E-state index < -0.39 is 0 Å². The van der Waals surface area contributed by atoms with Gasteiger partial charge in [0, 0.05) is 0 Å². The van der Waals surface area contributed by atoms with Gasteiger partial charge < -0.3 is 4.74 Å². The van der Waals surface area contributed by atoms with E-state index in [1.165, 1.54) is 12.8 Å². The standard InChI is InChI=1S/C10H15NO/c1-2-7-12-10-6-4-3-5-9(10)8-11/h2,9-10H,1,3-7H2. The van der Waals surface area contributed by atoms with E-state index in [2.05, 4.69) is 12.6 Å². The van der Waals surface area contributed by atoms with Crippen molar-refractivity contribution < 1.29 is 4.74 Å². The molecule has 0 bridgehead atoms. The molecule has 1 rings (SSSR count). The Hall–Kier alpha value is -0.810. The average molecular weight is 165 g/mol. The Labute approximate surface area is 73.8 Å². The van der Waals surface area contributed by atoms with Gasteiger partial charge in [0.1, 0.15) is 0 Å². The van der Waals surface area contributed by atoms with E-state index in [-0.39, 0.29) is 12.0 Å². The molecule has 0 amide bonds. The lowest BCUT2D eigenvalue weighted by atomic mass is 9.87. The Morgan fingerprint density at radius 3 is 2.92 bits per heavy atom. The van der Waals surface area contributed by atoms with Gasteiger partial charge in [-0.05, 0) is 12.8 Å². The van der Waals surface area contributed by atoms with Gasteiger partial charge in [-0.15, -0.1) is 6.58 Å². The van der Waals surface area contributed by atoms with Gasteiger partial charge in [-0.1, -0.05) is 18.9 Å². The monoisotopic (exact) mass is 165 g/mol. The van der Waals surface area contributed by atoms with Crippen LogP contribution in [-0.2, 0) is 4.74 Å². The maximum absolute atomic E-state index is 8.80. The Balaban J connectivity index is 2.37. The number of hydrogen-bond acceptors (Lipinski definition) is 2. The highest BCUT2D eigenvalue weighted by molar-refractivity contribution is 4.91. The highest BCUT2D eigenvalue weighted by Crippen LogP contribution is 2.25. The minimum absolute atomic E-state index is 0.110. The summed E-state index contributed by atoms with van der Waals surface area (Å²) in [6.45, 7) is 4.16. The maximum atomic E-state index is 8.80. The van der Waals surface area contributed by atoms with Gasteiger partial charge in [0.15, 0.2) is 0 Å². The van der Waals surface area contributed by atoms with Crippen LogP contribution in [0.2, 0.25) is 0 Å². The van der Waals surface area contributed by atoms with Gasteiger partial charge in [-0.2, -0.15) is 5.26 Å². The van der Waals surface area contributed by atoms with Crippen LogP contribution in [-0.4, -0.2) is 12.7 Å². The first-order valence-corrected chi connectivity index (χ1v) is 4.50. The van der Waals surface area contributed by atoms with Crippen molar-refractivity contribution in [1.82, 2.24) is 0 Å². The summed E-state index contributed by atoms with van der Waals surface area (Å²) < 4.78 is 5.50. The van der Waals surface area contributed by atoms with Crippen molar-refractivity contribution in [2.24, 2.45) is 5.92 Å². The van der Waals surface area contributed by atoms with E-state index in [1.807, 2.05) is 0 Å². The van der Waals surface area contributed by atoms with Crippen LogP contribution in [0.1, 0.15) is 25.7 Å². The largest absolute Gasteiger partial charge is 0.373 e. The van der Waals surface area contributed by atoms with Crippen LogP contribution in [0.5, 0.6) is 0 Å². The molecule has 0 saturated heterocycles. The molecule has 12 heavy (non-hydrogen) atoms. The molecule has 0 aromatic rings. The molecule has 1 aliphatic carbocycles. The molecule has 0 aromatic carbocycles. The molecule has 0 N–H and O–H groups in total. The van der Waals surface area contributed by atoms with Gasteiger partial charge in [0.25, 0.3) is 0 Å². The third-order valence-electron chi connectivity index (χ3n) is 2.30. The minimum Gasteiger partial charge on any atom is -0.373 e. The summed E-state index contributed by atoms with van der Waals surface area (Å²) >= 11 is 0. The normalized spacial score (nSPS) is 29.2. The average Bonchev–Trinajstić information content (AvgIpc) is 2.15. The van der Waals surface area contributed by atoms with Gasteiger partial charge in [0.2, 0.25) is 0 Å². The molecule has 66 valence electrons. The van der Waals surface area contributed by atoms with Gasteiger partial charge >= 0.3 is 0 Å². The Morgan fingerprint density at radius 1 is 1.50 bits per heavy atom. The summed E-state index contributed by atoms with van der Waals surface area (Å²) in [7, 11) is 0. The zero-order chi connectivity index (χ0) is 8.81. The Morgan fingerprint density at radius 2 is 2.25 bits per heavy atom. The summed E-state index contributed by atoms with van der Waals surface area (Å²) in [5.41, 5.74) is 0. The quantitative estimate of drug-likeness (QED) is 0.601. The van der Waals surface area contributed by atoms with Crippen molar-refractivity contribution in [3.63, 3.8) is 0 Å². The number of rotatable bonds is 3. The van der Waals surface area contributed by atoms with E-state index in [0.717, 1.165) is 12.8 Å². The summed E-state index contributed by atoms with van der Waals surface area (Å²) in [6, 6.07) is 2.30. The molecule has 2 nitrogen and oxygen atoms in total. The Kier molecular flexibility index (Phi) is 3.83. The topological polar surface area (TPSA) is 33.0 Å². The summed E-state index contributed by atoms with van der Waals surface area (Å²) in [4.78, 5) is 0. The molecule has 1 aliphatic rings. The molecule has 1 saturated carbocycles. The van der Waals surface area contributed by atoms with Gasteiger partial charge in [-0.25, -0.2) is 0 Å². The molecular weight excluding hydrogens is 150 g/mol. The lowest BCUT2D eigenvalue weighted by Gasteiger charge is -2.26. The first-order chi connectivity index (χ1) is 5.88. The van der Waals surface area contributed by atoms with Crippen LogP contribution in [0, 0.1) is 17.2 Å². The van der Waals surface area contributed by atoms with Crippen molar-refractivity contribution in [2.45, 2.75) is 31.8 Å². The fraction of sp³-hybridized carbons (Fsp3) is 0.700. The van der Waals surface area contributed by atoms with Crippen LogP contribution < -0.4 is 0 Å². The maximum Gasteiger partial charge on any atom is 0.0737 e. The van der Waals surface area contributed by atoms with E-state index in [1.54, 1.807) is 6.08 Å². The molecule has 2 unspecified atom stereocenters. The second-order valence-corrected chi connectivity index (χ2v) is 3.18. The van der Waals surface area contributed by atoms with Crippen molar-refractivity contribution in [3.8, 4) is 6.07 Å². The summed E-state index contributed by atoms with van der Waals surface area (Å²) in [5, 5.41) is 8.80. The van der Waals surface area contributed by atoms with E-state index in [4.69, 9.17) is 10.00 Å². The van der Waals surface area contributed by atoms with Gasteiger partial charge in [-0.3, -0.25) is 0 Å². The van der Waals surface area contributed by atoms with Crippen LogP contribution in [0.25, 0.3) is 0 Å². The van der Waals surface area contributed by atoms with E-state index >= 15 is 0 Å². The first-order valence-electron chi connectivity index (χ1n) is 4.50. The molecule has 0 aliphatic heterocycles. The van der Waals surface area contributed by atoms with Crippen molar-refractivity contribution in [1.29, 1.82) is 5.26 Å². The second kappa shape index (κ2) is 4.95. The van der Waals surface area contributed by atoms with Crippen LogP contribution in [0.3, 0.4) is 0 Å². The Bertz CT molecular complexity index is 183. The van der Waals surface area contributed by atoms with E-state index in [9.17, 15) is 0 Å². The zero-order valence-corrected chi connectivity index (χ0v) is 7.33. The molecule has 0 aromatic heterocycles. The number of hydrogen-bond donors (Lipinski definition) is 0. The third kappa shape index (κ3) is 2.35. The number of nitrogens with zero attached hydrogens (tertiary/aromatic N) is 1. The highest BCUT2D eigenvalue weighted by atomic mass is 16.5. The summed E-state index contributed by atoms with van der Waals surface area (Å²) in [6.07, 6.45) is 6.29. The molecular formula is C10H15NO. The minimum atomic E-state index is 0.110. The predicted molar refractivity (Wildman–Crippen MR) is 47.5 cm³/mol. The predicted octanol–water partition coefficient (Wildman–Crippen LogP) is 2.27. The third-order valence-corrected chi connectivity index (χ3v) is 2.30. The van der Waals surface area contributed by atoms with Gasteiger partial charge in [0.05, 0.1) is 24.7 Å². The highest BCUT2D eigenvalue weighted by Gasteiger charge is 2.24. The summed E-state index contributed by atoms with van der Waals surface area (Å²) in [5.74, 6) is 0.110. The smallest absolute Gasteiger partial charge is 0.0737 e. The van der Waals surface area contributed by atoms with Crippen molar-refractivity contribution in [2.75, 3.05) is 6.61 Å². The molecule has 0 radical (unpaired) electrons. The molecule has 0 heterocycles. The second-order valence-electron chi connectivity index (χ2n) is 3.18. The number of nitriles is 1. The fourth-order valence-corrected chi connectivity index (χ4v) is 1.64. The molecule has 2 atom stereocenters. The van der Waals surface area contributed by atoms with Crippen molar-refractivity contribution >= 4 is 0 Å². The number of ether oxygens (including phenoxy) is 1. The fourth-order valence-electron chi connectivity index (χ4n) is 1.64. The van der Waals surface area contributed by atoms with Crippen LogP contribution >= 0.6 is 0 Å². The van der Waals surface area contributed by atoms with Crippen molar-refractivity contribution in [3.05, 3.63) is 12.7 Å². The first kappa shape index (κ1) is 9.28. The zero-order valence-electron chi connectivity index (χ0n) is 7.33.